The average Bonchev–Trinajstić information content (AvgIpc) is 2.99. The summed E-state index contributed by atoms with van der Waals surface area (Å²) in [5.41, 5.74) is 4.00. The number of nitrogens with zero attached hydrogens (tertiary/aromatic N) is 6. The van der Waals surface area contributed by atoms with Crippen LogP contribution in [0.15, 0.2) is 23.2 Å². The molecule has 1 saturated heterocycles. The van der Waals surface area contributed by atoms with Crippen LogP contribution in [0.3, 0.4) is 0 Å². The Balaban J connectivity index is 0.00000280. The van der Waals surface area contributed by atoms with Gasteiger partial charge in [-0.05, 0) is 44.9 Å². The number of piperazine rings is 1. The maximum Gasteiger partial charge on any atom is 0.194 e. The number of nitrogens with one attached hydrogen (secondary N) is 1. The molecule has 154 valence electrons. The van der Waals surface area contributed by atoms with Gasteiger partial charge in [0, 0.05) is 45.5 Å². The van der Waals surface area contributed by atoms with Gasteiger partial charge in [-0.2, -0.15) is 0 Å². The van der Waals surface area contributed by atoms with Crippen LogP contribution in [0.2, 0.25) is 0 Å². The van der Waals surface area contributed by atoms with Gasteiger partial charge in [0.2, 0.25) is 0 Å². The van der Waals surface area contributed by atoms with Crippen LogP contribution in [-0.2, 0) is 13.6 Å². The summed E-state index contributed by atoms with van der Waals surface area (Å²) in [4.78, 5) is 9.62. The van der Waals surface area contributed by atoms with E-state index in [0.717, 1.165) is 50.3 Å². The summed E-state index contributed by atoms with van der Waals surface area (Å²) >= 11 is 0. The van der Waals surface area contributed by atoms with Crippen molar-refractivity contribution in [2.75, 3.05) is 37.6 Å². The average molecular weight is 497 g/mol. The highest BCUT2D eigenvalue weighted by Gasteiger charge is 2.21. The number of hydrogen-bond acceptors (Lipinski definition) is 4. The van der Waals surface area contributed by atoms with Crippen LogP contribution in [0.5, 0.6) is 0 Å². The Labute approximate surface area is 185 Å². The van der Waals surface area contributed by atoms with Gasteiger partial charge in [-0.25, -0.2) is 4.99 Å². The second-order valence-corrected chi connectivity index (χ2v) is 7.16. The van der Waals surface area contributed by atoms with Crippen LogP contribution in [0.4, 0.5) is 5.69 Å². The molecule has 1 aromatic carbocycles. The van der Waals surface area contributed by atoms with E-state index in [1.54, 1.807) is 0 Å². The molecule has 2 heterocycles. The van der Waals surface area contributed by atoms with E-state index in [-0.39, 0.29) is 24.0 Å². The largest absolute Gasteiger partial charge is 0.368 e. The highest BCUT2D eigenvalue weighted by Crippen LogP contribution is 2.22. The first-order valence-corrected chi connectivity index (χ1v) is 9.70. The maximum atomic E-state index is 4.80. The van der Waals surface area contributed by atoms with Gasteiger partial charge in [0.1, 0.15) is 12.4 Å². The summed E-state index contributed by atoms with van der Waals surface area (Å²) in [6.45, 7) is 13.7. The van der Waals surface area contributed by atoms with Gasteiger partial charge in [-0.15, -0.1) is 34.2 Å². The quantitative estimate of drug-likeness (QED) is 0.400. The number of aryl methyl sites for hydroxylation is 3. The monoisotopic (exact) mass is 497 g/mol. The first kappa shape index (κ1) is 22.4. The van der Waals surface area contributed by atoms with Crippen LogP contribution in [0, 0.1) is 20.8 Å². The molecule has 0 aliphatic carbocycles. The Morgan fingerprint density at radius 1 is 1.11 bits per heavy atom. The number of guanidine groups is 1. The van der Waals surface area contributed by atoms with Crippen molar-refractivity contribution < 1.29 is 0 Å². The molecule has 1 aliphatic rings. The molecule has 28 heavy (non-hydrogen) atoms. The third-order valence-corrected chi connectivity index (χ3v) is 5.17. The second kappa shape index (κ2) is 10.1. The third-order valence-electron chi connectivity index (χ3n) is 5.17. The Bertz CT molecular complexity index is 807. The van der Waals surface area contributed by atoms with Gasteiger partial charge >= 0.3 is 0 Å². The van der Waals surface area contributed by atoms with Crippen LogP contribution >= 0.6 is 24.0 Å². The van der Waals surface area contributed by atoms with E-state index < -0.39 is 0 Å². The number of hydrogen-bond donors (Lipinski definition) is 1. The summed E-state index contributed by atoms with van der Waals surface area (Å²) in [6.07, 6.45) is 0. The van der Waals surface area contributed by atoms with Gasteiger partial charge in [0.15, 0.2) is 11.8 Å². The Morgan fingerprint density at radius 2 is 1.82 bits per heavy atom. The number of halogens is 1. The molecule has 2 aromatic rings. The molecule has 0 radical (unpaired) electrons. The van der Waals surface area contributed by atoms with Crippen molar-refractivity contribution in [2.45, 2.75) is 34.2 Å². The minimum Gasteiger partial charge on any atom is -0.368 e. The molecule has 7 nitrogen and oxygen atoms in total. The summed E-state index contributed by atoms with van der Waals surface area (Å²) in [7, 11) is 1.98. The Morgan fingerprint density at radius 3 is 2.43 bits per heavy atom. The van der Waals surface area contributed by atoms with Crippen molar-refractivity contribution >= 4 is 35.6 Å². The van der Waals surface area contributed by atoms with Crippen LogP contribution < -0.4 is 10.2 Å². The highest BCUT2D eigenvalue weighted by molar-refractivity contribution is 14.0. The molecule has 0 spiro atoms. The lowest BCUT2D eigenvalue weighted by atomic mass is 10.1. The minimum absolute atomic E-state index is 0. The number of rotatable bonds is 4. The molecule has 0 bridgehead atoms. The van der Waals surface area contributed by atoms with Gasteiger partial charge in [-0.1, -0.05) is 12.1 Å². The fourth-order valence-corrected chi connectivity index (χ4v) is 3.38. The Kier molecular flexibility index (Phi) is 8.09. The van der Waals surface area contributed by atoms with E-state index in [9.17, 15) is 0 Å². The Hall–Kier alpha value is -1.84. The number of benzene rings is 1. The van der Waals surface area contributed by atoms with Gasteiger partial charge < -0.3 is 19.7 Å². The van der Waals surface area contributed by atoms with E-state index in [1.807, 2.05) is 18.5 Å². The number of anilines is 1. The lowest BCUT2D eigenvalue weighted by Crippen LogP contribution is -2.52. The predicted octanol–water partition coefficient (Wildman–Crippen LogP) is 2.65. The van der Waals surface area contributed by atoms with Crippen molar-refractivity contribution in [3.8, 4) is 0 Å². The molecule has 8 heteroatoms. The maximum absolute atomic E-state index is 4.80. The van der Waals surface area contributed by atoms with E-state index >= 15 is 0 Å². The summed E-state index contributed by atoms with van der Waals surface area (Å²) < 4.78 is 1.99. The van der Waals surface area contributed by atoms with Crippen molar-refractivity contribution in [3.63, 3.8) is 0 Å². The minimum atomic E-state index is 0. The van der Waals surface area contributed by atoms with Crippen LogP contribution in [0.25, 0.3) is 0 Å². The molecule has 3 rings (SSSR count). The molecule has 1 fully saturated rings. The standard InChI is InChI=1S/C20H31N7.HI/c1-6-21-20(22-14-19-24-23-17(4)25(19)5)27-11-9-26(10-12-27)18-13-15(2)7-8-16(18)3;/h7-8,13H,6,9-12,14H2,1-5H3,(H,21,22);1H. The zero-order chi connectivity index (χ0) is 19.4. The molecule has 0 unspecified atom stereocenters. The van der Waals surface area contributed by atoms with E-state index in [4.69, 9.17) is 4.99 Å². The molecular formula is C20H32IN7. The third kappa shape index (κ3) is 5.15. The summed E-state index contributed by atoms with van der Waals surface area (Å²) in [6, 6.07) is 6.69. The van der Waals surface area contributed by atoms with Crippen molar-refractivity contribution in [1.29, 1.82) is 0 Å². The summed E-state index contributed by atoms with van der Waals surface area (Å²) in [5.74, 6) is 2.75. The molecule has 1 aromatic heterocycles. The molecular weight excluding hydrogens is 465 g/mol. The topological polar surface area (TPSA) is 61.6 Å². The first-order valence-electron chi connectivity index (χ1n) is 9.70. The molecule has 0 amide bonds. The van der Waals surface area contributed by atoms with E-state index in [0.29, 0.717) is 6.54 Å². The van der Waals surface area contributed by atoms with Crippen LogP contribution in [-0.4, -0.2) is 58.3 Å². The number of aliphatic imine (C=N–C) groups is 1. The van der Waals surface area contributed by atoms with E-state index in [2.05, 4.69) is 64.3 Å². The fraction of sp³-hybridized carbons (Fsp3) is 0.550. The lowest BCUT2D eigenvalue weighted by molar-refractivity contribution is 0.372. The molecule has 1 N–H and O–H groups in total. The van der Waals surface area contributed by atoms with Crippen LogP contribution in [0.1, 0.15) is 29.7 Å². The lowest BCUT2D eigenvalue weighted by Gasteiger charge is -2.38. The second-order valence-electron chi connectivity index (χ2n) is 7.16. The normalized spacial score (nSPS) is 14.8. The molecule has 1 aliphatic heterocycles. The van der Waals surface area contributed by atoms with Gasteiger partial charge in [-0.3, -0.25) is 0 Å². The van der Waals surface area contributed by atoms with Crippen molar-refractivity contribution in [2.24, 2.45) is 12.0 Å². The zero-order valence-electron chi connectivity index (χ0n) is 17.6. The fourth-order valence-electron chi connectivity index (χ4n) is 3.38. The SMILES string of the molecule is CCNC(=NCc1nnc(C)n1C)N1CCN(c2cc(C)ccc2C)CC1.I. The van der Waals surface area contributed by atoms with Gasteiger partial charge in [0.25, 0.3) is 0 Å². The first-order chi connectivity index (χ1) is 13.0. The zero-order valence-corrected chi connectivity index (χ0v) is 19.9. The number of aromatic nitrogens is 3. The predicted molar refractivity (Wildman–Crippen MR) is 126 cm³/mol. The summed E-state index contributed by atoms with van der Waals surface area (Å²) in [5, 5.41) is 11.8. The molecule has 0 atom stereocenters. The van der Waals surface area contributed by atoms with Crippen molar-refractivity contribution in [1.82, 2.24) is 25.0 Å². The van der Waals surface area contributed by atoms with E-state index in [1.165, 1.54) is 16.8 Å². The highest BCUT2D eigenvalue weighted by atomic mass is 127. The smallest absolute Gasteiger partial charge is 0.194 e. The van der Waals surface area contributed by atoms with Crippen molar-refractivity contribution in [3.05, 3.63) is 41.0 Å². The molecule has 0 saturated carbocycles. The van der Waals surface area contributed by atoms with Gasteiger partial charge in [0.05, 0.1) is 0 Å².